The molecule has 20 heavy (non-hydrogen) atoms. The van der Waals surface area contributed by atoms with Crippen LogP contribution in [0.1, 0.15) is 35.9 Å². The van der Waals surface area contributed by atoms with Crippen LogP contribution in [0, 0.1) is 0 Å². The first-order chi connectivity index (χ1) is 9.45. The molecule has 0 bridgehead atoms. The summed E-state index contributed by atoms with van der Waals surface area (Å²) >= 11 is 6.08. The second kappa shape index (κ2) is 5.54. The lowest BCUT2D eigenvalue weighted by Crippen LogP contribution is -2.15. The fraction of sp³-hybridized carbons (Fsp3) is 0.286. The average molecular weight is 294 g/mol. The van der Waals surface area contributed by atoms with Crippen molar-refractivity contribution in [2.75, 3.05) is 12.8 Å². The van der Waals surface area contributed by atoms with Crippen molar-refractivity contribution < 1.29 is 9.53 Å². The van der Waals surface area contributed by atoms with Crippen LogP contribution < -0.4 is 10.5 Å². The predicted octanol–water partition coefficient (Wildman–Crippen LogP) is 2.94. The molecule has 0 atom stereocenters. The largest absolute Gasteiger partial charge is 0.497 e. The third kappa shape index (κ3) is 2.49. The van der Waals surface area contributed by atoms with Crippen molar-refractivity contribution >= 4 is 23.1 Å². The Morgan fingerprint density at radius 3 is 2.75 bits per heavy atom. The summed E-state index contributed by atoms with van der Waals surface area (Å²) in [4.78, 5) is 12.7. The van der Waals surface area contributed by atoms with Gasteiger partial charge in [-0.3, -0.25) is 9.48 Å². The number of benzene rings is 1. The van der Waals surface area contributed by atoms with Crippen LogP contribution in [0.15, 0.2) is 24.4 Å². The molecule has 5 nitrogen and oxygen atoms in total. The van der Waals surface area contributed by atoms with Crippen LogP contribution in [-0.2, 0) is 0 Å². The highest BCUT2D eigenvalue weighted by Gasteiger charge is 2.22. The molecule has 0 amide bonds. The molecule has 0 aliphatic carbocycles. The number of anilines is 1. The summed E-state index contributed by atoms with van der Waals surface area (Å²) in [7, 11) is 1.53. The molecule has 0 spiro atoms. The second-order valence-corrected chi connectivity index (χ2v) is 5.07. The van der Waals surface area contributed by atoms with E-state index in [9.17, 15) is 4.79 Å². The molecule has 1 aromatic carbocycles. The third-order valence-corrected chi connectivity index (χ3v) is 3.24. The number of carbonyl (C=O) groups is 1. The van der Waals surface area contributed by atoms with E-state index in [0.29, 0.717) is 27.7 Å². The summed E-state index contributed by atoms with van der Waals surface area (Å²) in [6, 6.07) is 4.96. The zero-order chi connectivity index (χ0) is 14.9. The van der Waals surface area contributed by atoms with Gasteiger partial charge in [0.15, 0.2) is 0 Å². The van der Waals surface area contributed by atoms with Gasteiger partial charge in [-0.15, -0.1) is 0 Å². The lowest BCUT2D eigenvalue weighted by Gasteiger charge is -2.12. The maximum absolute atomic E-state index is 12.7. The summed E-state index contributed by atoms with van der Waals surface area (Å²) in [5, 5.41) is 4.44. The van der Waals surface area contributed by atoms with Gasteiger partial charge in [0.25, 0.3) is 0 Å². The first-order valence-electron chi connectivity index (χ1n) is 6.17. The van der Waals surface area contributed by atoms with Crippen LogP contribution in [-0.4, -0.2) is 22.7 Å². The molecule has 2 aromatic rings. The Balaban J connectivity index is 2.54. The van der Waals surface area contributed by atoms with Gasteiger partial charge in [0.2, 0.25) is 5.78 Å². The molecule has 1 aromatic heterocycles. The van der Waals surface area contributed by atoms with E-state index in [-0.39, 0.29) is 11.8 Å². The molecular formula is C14H16ClN3O2. The number of nitrogens with zero attached hydrogens (tertiary/aromatic N) is 2. The minimum absolute atomic E-state index is 0.0216. The van der Waals surface area contributed by atoms with Crippen molar-refractivity contribution in [1.29, 1.82) is 0 Å². The fourth-order valence-electron chi connectivity index (χ4n) is 1.93. The molecule has 2 N–H and O–H groups in total. The van der Waals surface area contributed by atoms with Crippen molar-refractivity contribution in [1.82, 2.24) is 9.78 Å². The molecule has 106 valence electrons. The number of halogens is 1. The second-order valence-electron chi connectivity index (χ2n) is 4.66. The Bertz CT molecular complexity index is 650. The van der Waals surface area contributed by atoms with Crippen LogP contribution in [0.25, 0.3) is 0 Å². The van der Waals surface area contributed by atoms with Gasteiger partial charge in [0, 0.05) is 11.7 Å². The summed E-state index contributed by atoms with van der Waals surface area (Å²) in [6.07, 6.45) is 1.46. The van der Waals surface area contributed by atoms with E-state index in [1.807, 2.05) is 13.8 Å². The zero-order valence-electron chi connectivity index (χ0n) is 11.6. The maximum atomic E-state index is 12.7. The van der Waals surface area contributed by atoms with E-state index in [0.717, 1.165) is 0 Å². The average Bonchev–Trinajstić information content (AvgIpc) is 2.80. The molecule has 2 rings (SSSR count). The number of methoxy groups -OCH3 is 1. The smallest absolute Gasteiger partial charge is 0.214 e. The predicted molar refractivity (Wildman–Crippen MR) is 78.5 cm³/mol. The molecule has 6 heteroatoms. The van der Waals surface area contributed by atoms with E-state index in [4.69, 9.17) is 22.1 Å². The molecule has 0 unspecified atom stereocenters. The van der Waals surface area contributed by atoms with Crippen molar-refractivity contribution in [3.8, 4) is 5.75 Å². The molecule has 0 radical (unpaired) electrons. The highest BCUT2D eigenvalue weighted by Crippen LogP contribution is 2.27. The first kappa shape index (κ1) is 14.4. The maximum Gasteiger partial charge on any atom is 0.214 e. The lowest BCUT2D eigenvalue weighted by atomic mass is 10.1. The monoisotopic (exact) mass is 293 g/mol. The van der Waals surface area contributed by atoms with E-state index in [1.165, 1.54) is 13.3 Å². The van der Waals surface area contributed by atoms with Crippen LogP contribution in [0.4, 0.5) is 5.69 Å². The van der Waals surface area contributed by atoms with Gasteiger partial charge in [-0.25, -0.2) is 0 Å². The Hall–Kier alpha value is -2.01. The highest BCUT2D eigenvalue weighted by atomic mass is 35.5. The highest BCUT2D eigenvalue weighted by molar-refractivity contribution is 6.34. The molecule has 0 fully saturated rings. The molecule has 0 aliphatic heterocycles. The number of nitrogens with two attached hydrogens (primary N) is 1. The summed E-state index contributed by atoms with van der Waals surface area (Å²) in [5.41, 5.74) is 6.95. The van der Waals surface area contributed by atoms with E-state index >= 15 is 0 Å². The van der Waals surface area contributed by atoms with Gasteiger partial charge in [-0.05, 0) is 32.0 Å². The van der Waals surface area contributed by atoms with Crippen LogP contribution in [0.3, 0.4) is 0 Å². The number of hydrogen-bond acceptors (Lipinski definition) is 4. The SMILES string of the molecule is COc1ccc(N)c(C(=O)c2c(Cl)cnn2C(C)C)c1. The van der Waals surface area contributed by atoms with Crippen molar-refractivity contribution in [2.24, 2.45) is 0 Å². The molecule has 1 heterocycles. The number of hydrogen-bond donors (Lipinski definition) is 1. The molecule has 0 aliphatic rings. The molecular weight excluding hydrogens is 278 g/mol. The normalized spacial score (nSPS) is 10.8. The Labute approximate surface area is 122 Å². The number of nitrogen functional groups attached to an aromatic ring is 1. The van der Waals surface area contributed by atoms with Gasteiger partial charge in [-0.2, -0.15) is 5.10 Å². The molecule has 0 saturated heterocycles. The van der Waals surface area contributed by atoms with Crippen molar-refractivity contribution in [2.45, 2.75) is 19.9 Å². The summed E-state index contributed by atoms with van der Waals surface area (Å²) in [6.45, 7) is 3.85. The van der Waals surface area contributed by atoms with Crippen LogP contribution in [0.5, 0.6) is 5.75 Å². The lowest BCUT2D eigenvalue weighted by molar-refractivity contribution is 0.102. The summed E-state index contributed by atoms with van der Waals surface area (Å²) < 4.78 is 6.71. The number of rotatable bonds is 4. The minimum atomic E-state index is -0.266. The van der Waals surface area contributed by atoms with E-state index in [1.54, 1.807) is 22.9 Å². The van der Waals surface area contributed by atoms with Crippen molar-refractivity contribution in [3.05, 3.63) is 40.7 Å². The Kier molecular flexibility index (Phi) is 3.99. The fourth-order valence-corrected chi connectivity index (χ4v) is 2.15. The Morgan fingerprint density at radius 2 is 2.15 bits per heavy atom. The van der Waals surface area contributed by atoms with Gasteiger partial charge in [0.1, 0.15) is 11.4 Å². The van der Waals surface area contributed by atoms with Gasteiger partial charge in [0.05, 0.1) is 23.9 Å². The van der Waals surface area contributed by atoms with Crippen molar-refractivity contribution in [3.63, 3.8) is 0 Å². The number of ether oxygens (including phenoxy) is 1. The topological polar surface area (TPSA) is 70.1 Å². The van der Waals surface area contributed by atoms with Crippen LogP contribution in [0.2, 0.25) is 5.02 Å². The summed E-state index contributed by atoms with van der Waals surface area (Å²) in [5.74, 6) is 0.298. The van der Waals surface area contributed by atoms with Gasteiger partial charge < -0.3 is 10.5 Å². The minimum Gasteiger partial charge on any atom is -0.497 e. The first-order valence-corrected chi connectivity index (χ1v) is 6.54. The standard InChI is InChI=1S/C14H16ClN3O2/c1-8(2)18-13(11(15)7-17-18)14(19)10-6-9(20-3)4-5-12(10)16/h4-8H,16H2,1-3H3. The Morgan fingerprint density at radius 1 is 1.45 bits per heavy atom. The van der Waals surface area contributed by atoms with Crippen LogP contribution >= 0.6 is 11.6 Å². The number of carbonyl (C=O) groups excluding carboxylic acids is 1. The third-order valence-electron chi connectivity index (χ3n) is 2.96. The quantitative estimate of drug-likeness (QED) is 0.695. The van der Waals surface area contributed by atoms with E-state index < -0.39 is 0 Å². The van der Waals surface area contributed by atoms with E-state index in [2.05, 4.69) is 5.10 Å². The molecule has 0 saturated carbocycles. The number of aromatic nitrogens is 2. The van der Waals surface area contributed by atoms with Gasteiger partial charge in [-0.1, -0.05) is 11.6 Å². The number of ketones is 1. The van der Waals surface area contributed by atoms with Gasteiger partial charge >= 0.3 is 0 Å². The zero-order valence-corrected chi connectivity index (χ0v) is 12.3.